The summed E-state index contributed by atoms with van der Waals surface area (Å²) >= 11 is 1.73. The van der Waals surface area contributed by atoms with Crippen LogP contribution in [0.5, 0.6) is 0 Å². The number of hydrogen-bond donors (Lipinski definition) is 1. The molecule has 7 heteroatoms. The molecular weight excluding hydrogens is 384 g/mol. The SMILES string of the molecule is CCc1ccc2nc(N3CCN(C(=O)c4ccc5c(c4)CC(=O)N5)CC3)sc2c1. The second kappa shape index (κ2) is 7.15. The highest BCUT2D eigenvalue weighted by molar-refractivity contribution is 7.22. The molecule has 0 radical (unpaired) electrons. The number of fused-ring (bicyclic) bond motifs is 2. The molecule has 2 aliphatic rings. The standard InChI is InChI=1S/C22H22N4O2S/c1-2-14-3-5-18-19(11-14)29-22(24-18)26-9-7-25(8-10-26)21(28)15-4-6-17-16(12-15)13-20(27)23-17/h3-6,11-12H,2,7-10,13H2,1H3,(H,23,27). The Bertz CT molecular complexity index is 1120. The van der Waals surface area contributed by atoms with Crippen LogP contribution in [0, 0.1) is 0 Å². The third-order valence-corrected chi connectivity index (χ3v) is 6.74. The number of carbonyl (C=O) groups is 2. The van der Waals surface area contributed by atoms with Gasteiger partial charge in [0.15, 0.2) is 5.13 Å². The van der Waals surface area contributed by atoms with E-state index in [0.29, 0.717) is 25.1 Å². The highest BCUT2D eigenvalue weighted by Gasteiger charge is 2.25. The van der Waals surface area contributed by atoms with Gasteiger partial charge in [-0.3, -0.25) is 9.59 Å². The first kappa shape index (κ1) is 18.1. The predicted octanol–water partition coefficient (Wildman–Crippen LogP) is 3.32. The molecule has 0 bridgehead atoms. The number of benzene rings is 2. The normalized spacial score (nSPS) is 16.2. The number of nitrogens with one attached hydrogen (secondary N) is 1. The minimum Gasteiger partial charge on any atom is -0.345 e. The van der Waals surface area contributed by atoms with Crippen LogP contribution in [0.3, 0.4) is 0 Å². The summed E-state index contributed by atoms with van der Waals surface area (Å²) in [4.78, 5) is 33.4. The van der Waals surface area contributed by atoms with Crippen molar-refractivity contribution in [3.8, 4) is 0 Å². The maximum absolute atomic E-state index is 12.9. The van der Waals surface area contributed by atoms with Crippen LogP contribution < -0.4 is 10.2 Å². The van der Waals surface area contributed by atoms with Crippen LogP contribution in [-0.4, -0.2) is 47.9 Å². The Morgan fingerprint density at radius 1 is 1.14 bits per heavy atom. The number of anilines is 2. The van der Waals surface area contributed by atoms with E-state index < -0.39 is 0 Å². The number of aromatic nitrogens is 1. The lowest BCUT2D eigenvalue weighted by molar-refractivity contribution is -0.115. The smallest absolute Gasteiger partial charge is 0.253 e. The molecule has 0 saturated carbocycles. The van der Waals surface area contributed by atoms with Gasteiger partial charge in [-0.1, -0.05) is 24.3 Å². The Kier molecular flexibility index (Phi) is 4.47. The lowest BCUT2D eigenvalue weighted by atomic mass is 10.1. The summed E-state index contributed by atoms with van der Waals surface area (Å²) in [6, 6.07) is 11.9. The maximum atomic E-state index is 12.9. The van der Waals surface area contributed by atoms with E-state index >= 15 is 0 Å². The Morgan fingerprint density at radius 2 is 1.97 bits per heavy atom. The molecule has 1 fully saturated rings. The highest BCUT2D eigenvalue weighted by Crippen LogP contribution is 2.30. The first-order valence-corrected chi connectivity index (χ1v) is 10.8. The molecular formula is C22H22N4O2S. The quantitative estimate of drug-likeness (QED) is 0.725. The van der Waals surface area contributed by atoms with Crippen LogP contribution in [0.15, 0.2) is 36.4 Å². The van der Waals surface area contributed by atoms with Gasteiger partial charge in [0.2, 0.25) is 5.91 Å². The van der Waals surface area contributed by atoms with Crippen molar-refractivity contribution in [3.05, 3.63) is 53.1 Å². The number of nitrogens with zero attached hydrogens (tertiary/aromatic N) is 3. The molecule has 0 unspecified atom stereocenters. The summed E-state index contributed by atoms with van der Waals surface area (Å²) in [7, 11) is 0. The molecule has 0 atom stereocenters. The summed E-state index contributed by atoms with van der Waals surface area (Å²) in [6.07, 6.45) is 1.37. The Morgan fingerprint density at radius 3 is 2.76 bits per heavy atom. The fourth-order valence-electron chi connectivity index (χ4n) is 3.96. The minimum absolute atomic E-state index is 0.0138. The van der Waals surface area contributed by atoms with Gasteiger partial charge >= 0.3 is 0 Å². The van der Waals surface area contributed by atoms with Gasteiger partial charge in [0.25, 0.3) is 5.91 Å². The number of thiazole rings is 1. The first-order chi connectivity index (χ1) is 14.1. The summed E-state index contributed by atoms with van der Waals surface area (Å²) in [6.45, 7) is 5.05. The van der Waals surface area contributed by atoms with Crippen LogP contribution in [0.2, 0.25) is 0 Å². The number of piperazine rings is 1. The van der Waals surface area contributed by atoms with Gasteiger partial charge in [-0.05, 0) is 47.9 Å². The van der Waals surface area contributed by atoms with E-state index in [1.807, 2.05) is 17.0 Å². The van der Waals surface area contributed by atoms with E-state index in [1.54, 1.807) is 17.4 Å². The van der Waals surface area contributed by atoms with E-state index in [9.17, 15) is 9.59 Å². The summed E-state index contributed by atoms with van der Waals surface area (Å²) in [5.74, 6) is 0.0174. The van der Waals surface area contributed by atoms with Gasteiger partial charge in [0.1, 0.15) is 0 Å². The molecule has 5 rings (SSSR count). The maximum Gasteiger partial charge on any atom is 0.253 e. The third kappa shape index (κ3) is 3.35. The summed E-state index contributed by atoms with van der Waals surface area (Å²) < 4.78 is 1.22. The van der Waals surface area contributed by atoms with Crippen molar-refractivity contribution in [1.29, 1.82) is 0 Å². The molecule has 148 valence electrons. The Hall–Kier alpha value is -2.93. The fraction of sp³-hybridized carbons (Fsp3) is 0.318. The van der Waals surface area contributed by atoms with Gasteiger partial charge < -0.3 is 15.1 Å². The molecule has 1 N–H and O–H groups in total. The molecule has 6 nitrogen and oxygen atoms in total. The van der Waals surface area contributed by atoms with Crippen LogP contribution in [0.25, 0.3) is 10.2 Å². The average Bonchev–Trinajstić information content (AvgIpc) is 3.34. The zero-order chi connectivity index (χ0) is 20.0. The van der Waals surface area contributed by atoms with Crippen LogP contribution in [0.4, 0.5) is 10.8 Å². The molecule has 29 heavy (non-hydrogen) atoms. The predicted molar refractivity (Wildman–Crippen MR) is 116 cm³/mol. The van der Waals surface area contributed by atoms with E-state index in [2.05, 4.69) is 35.3 Å². The van der Waals surface area contributed by atoms with Gasteiger partial charge in [-0.25, -0.2) is 4.98 Å². The molecule has 3 heterocycles. The second-order valence-electron chi connectivity index (χ2n) is 7.53. The lowest BCUT2D eigenvalue weighted by Gasteiger charge is -2.34. The molecule has 1 aromatic heterocycles. The van der Waals surface area contributed by atoms with Crippen molar-refractivity contribution in [2.24, 2.45) is 0 Å². The lowest BCUT2D eigenvalue weighted by Crippen LogP contribution is -2.48. The summed E-state index contributed by atoms with van der Waals surface area (Å²) in [5, 5.41) is 3.84. The van der Waals surface area contributed by atoms with Crippen LogP contribution in [-0.2, 0) is 17.6 Å². The van der Waals surface area contributed by atoms with Crippen molar-refractivity contribution in [2.75, 3.05) is 36.4 Å². The van der Waals surface area contributed by atoms with Crippen molar-refractivity contribution in [2.45, 2.75) is 19.8 Å². The first-order valence-electron chi connectivity index (χ1n) is 9.97. The van der Waals surface area contributed by atoms with Gasteiger partial charge in [-0.2, -0.15) is 0 Å². The zero-order valence-corrected chi connectivity index (χ0v) is 17.1. The summed E-state index contributed by atoms with van der Waals surface area (Å²) in [5.41, 5.74) is 4.75. The zero-order valence-electron chi connectivity index (χ0n) is 16.3. The monoisotopic (exact) mass is 406 g/mol. The molecule has 2 aliphatic heterocycles. The Labute approximate surface area is 173 Å². The van der Waals surface area contributed by atoms with E-state index in [-0.39, 0.29) is 11.8 Å². The van der Waals surface area contributed by atoms with Gasteiger partial charge in [-0.15, -0.1) is 0 Å². The van der Waals surface area contributed by atoms with Crippen molar-refractivity contribution in [1.82, 2.24) is 9.88 Å². The third-order valence-electron chi connectivity index (χ3n) is 5.66. The van der Waals surface area contributed by atoms with Crippen molar-refractivity contribution < 1.29 is 9.59 Å². The molecule has 0 spiro atoms. The molecule has 1 saturated heterocycles. The topological polar surface area (TPSA) is 65.5 Å². The molecule has 2 aromatic carbocycles. The number of carbonyl (C=O) groups excluding carboxylic acids is 2. The average molecular weight is 407 g/mol. The second-order valence-corrected chi connectivity index (χ2v) is 8.54. The van der Waals surface area contributed by atoms with E-state index in [4.69, 9.17) is 4.98 Å². The van der Waals surface area contributed by atoms with Crippen LogP contribution >= 0.6 is 11.3 Å². The molecule has 0 aliphatic carbocycles. The molecule has 3 aromatic rings. The minimum atomic E-state index is -0.0138. The molecule has 2 amide bonds. The van der Waals surface area contributed by atoms with Crippen LogP contribution in [0.1, 0.15) is 28.4 Å². The number of aryl methyl sites for hydroxylation is 1. The van der Waals surface area contributed by atoms with E-state index in [1.165, 1.54) is 10.3 Å². The van der Waals surface area contributed by atoms with E-state index in [0.717, 1.165) is 41.4 Å². The Balaban J connectivity index is 1.27. The van der Waals surface area contributed by atoms with Gasteiger partial charge in [0.05, 0.1) is 16.6 Å². The highest BCUT2D eigenvalue weighted by atomic mass is 32.1. The van der Waals surface area contributed by atoms with Gasteiger partial charge in [0, 0.05) is 37.4 Å². The number of rotatable bonds is 3. The largest absolute Gasteiger partial charge is 0.345 e. The number of amides is 2. The van der Waals surface area contributed by atoms with Crippen molar-refractivity contribution in [3.63, 3.8) is 0 Å². The fourth-order valence-corrected chi connectivity index (χ4v) is 5.04. The van der Waals surface area contributed by atoms with Crippen molar-refractivity contribution >= 4 is 44.2 Å². The number of hydrogen-bond acceptors (Lipinski definition) is 5.